The third-order valence-corrected chi connectivity index (χ3v) is 4.43. The van der Waals surface area contributed by atoms with E-state index < -0.39 is 0 Å². The molecule has 1 fully saturated rings. The third kappa shape index (κ3) is 4.32. The molecule has 0 bridgehead atoms. The number of aryl methyl sites for hydroxylation is 3. The minimum atomic E-state index is 0.730. The van der Waals surface area contributed by atoms with E-state index in [0.717, 1.165) is 19.1 Å². The summed E-state index contributed by atoms with van der Waals surface area (Å²) in [5.41, 5.74) is 4.32. The maximum atomic E-state index is 3.42. The first kappa shape index (κ1) is 14.5. The smallest absolute Gasteiger partial charge is 0.0110 e. The van der Waals surface area contributed by atoms with E-state index in [0.29, 0.717) is 0 Å². The van der Waals surface area contributed by atoms with Crippen molar-refractivity contribution in [1.82, 2.24) is 10.2 Å². The summed E-state index contributed by atoms with van der Waals surface area (Å²) < 4.78 is 0. The zero-order valence-corrected chi connectivity index (χ0v) is 12.7. The normalized spacial score (nSPS) is 18.5. The molecule has 1 unspecified atom stereocenters. The molecule has 1 aliphatic rings. The van der Waals surface area contributed by atoms with Crippen LogP contribution in [0.5, 0.6) is 0 Å². The molecule has 0 radical (unpaired) electrons. The van der Waals surface area contributed by atoms with Gasteiger partial charge in [0.2, 0.25) is 0 Å². The number of piperazine rings is 1. The standard InChI is InChI=1S/C17H28N2/c1-14-7-8-17(13-15(14)2)6-4-5-16(3)19-11-9-18-10-12-19/h7-8,13,16,18H,4-6,9-12H2,1-3H3. The minimum absolute atomic E-state index is 0.730. The molecule has 106 valence electrons. The highest BCUT2D eigenvalue weighted by molar-refractivity contribution is 5.29. The van der Waals surface area contributed by atoms with Gasteiger partial charge in [0.15, 0.2) is 0 Å². The molecule has 0 saturated carbocycles. The molecule has 1 aromatic rings. The van der Waals surface area contributed by atoms with Gasteiger partial charge in [0, 0.05) is 32.2 Å². The number of benzene rings is 1. The van der Waals surface area contributed by atoms with Crippen molar-refractivity contribution in [2.24, 2.45) is 0 Å². The van der Waals surface area contributed by atoms with Gasteiger partial charge in [-0.2, -0.15) is 0 Å². The average Bonchev–Trinajstić information content (AvgIpc) is 2.43. The van der Waals surface area contributed by atoms with Crippen LogP contribution in [-0.2, 0) is 6.42 Å². The van der Waals surface area contributed by atoms with Gasteiger partial charge in [-0.15, -0.1) is 0 Å². The Bertz CT molecular complexity index is 394. The third-order valence-electron chi connectivity index (χ3n) is 4.43. The lowest BCUT2D eigenvalue weighted by Crippen LogP contribution is -2.47. The van der Waals surface area contributed by atoms with Crippen molar-refractivity contribution < 1.29 is 0 Å². The maximum Gasteiger partial charge on any atom is 0.0110 e. The predicted molar refractivity (Wildman–Crippen MR) is 82.8 cm³/mol. The monoisotopic (exact) mass is 260 g/mol. The van der Waals surface area contributed by atoms with Gasteiger partial charge in [0.1, 0.15) is 0 Å². The van der Waals surface area contributed by atoms with E-state index >= 15 is 0 Å². The second-order valence-electron chi connectivity index (χ2n) is 5.95. The van der Waals surface area contributed by atoms with Crippen molar-refractivity contribution in [1.29, 1.82) is 0 Å². The van der Waals surface area contributed by atoms with Crippen LogP contribution in [0.4, 0.5) is 0 Å². The molecule has 1 aliphatic heterocycles. The first-order valence-electron chi connectivity index (χ1n) is 7.67. The summed E-state index contributed by atoms with van der Waals surface area (Å²) in [6.45, 7) is 11.5. The lowest BCUT2D eigenvalue weighted by atomic mass is 10.0. The SMILES string of the molecule is Cc1ccc(CCCC(C)N2CCNCC2)cc1C. The van der Waals surface area contributed by atoms with Crippen LogP contribution in [0.15, 0.2) is 18.2 Å². The Hall–Kier alpha value is -0.860. The molecule has 2 heteroatoms. The van der Waals surface area contributed by atoms with Gasteiger partial charge in [-0.1, -0.05) is 18.2 Å². The Balaban J connectivity index is 1.74. The van der Waals surface area contributed by atoms with Gasteiger partial charge in [-0.3, -0.25) is 4.90 Å². The molecule has 1 atom stereocenters. The van der Waals surface area contributed by atoms with E-state index in [1.165, 1.54) is 49.0 Å². The maximum absolute atomic E-state index is 3.42. The van der Waals surface area contributed by atoms with E-state index in [9.17, 15) is 0 Å². The Morgan fingerprint density at radius 2 is 1.89 bits per heavy atom. The fraction of sp³-hybridized carbons (Fsp3) is 0.647. The van der Waals surface area contributed by atoms with E-state index in [4.69, 9.17) is 0 Å². The van der Waals surface area contributed by atoms with E-state index in [-0.39, 0.29) is 0 Å². The largest absolute Gasteiger partial charge is 0.314 e. The first-order chi connectivity index (χ1) is 9.16. The molecule has 1 N–H and O–H groups in total. The minimum Gasteiger partial charge on any atom is -0.314 e. The second kappa shape index (κ2) is 7.06. The molecule has 19 heavy (non-hydrogen) atoms. The Morgan fingerprint density at radius 1 is 1.16 bits per heavy atom. The van der Waals surface area contributed by atoms with Crippen LogP contribution in [0.2, 0.25) is 0 Å². The summed E-state index contributed by atoms with van der Waals surface area (Å²) in [6, 6.07) is 7.63. The number of nitrogens with zero attached hydrogens (tertiary/aromatic N) is 1. The van der Waals surface area contributed by atoms with Crippen molar-refractivity contribution in [3.8, 4) is 0 Å². The van der Waals surface area contributed by atoms with Crippen LogP contribution in [0.3, 0.4) is 0 Å². The van der Waals surface area contributed by atoms with Crippen molar-refractivity contribution in [3.63, 3.8) is 0 Å². The lowest BCUT2D eigenvalue weighted by molar-refractivity contribution is 0.174. The molecule has 1 heterocycles. The number of hydrogen-bond acceptors (Lipinski definition) is 2. The van der Waals surface area contributed by atoms with Crippen molar-refractivity contribution >= 4 is 0 Å². The topological polar surface area (TPSA) is 15.3 Å². The van der Waals surface area contributed by atoms with Gasteiger partial charge in [-0.25, -0.2) is 0 Å². The van der Waals surface area contributed by atoms with Gasteiger partial charge in [-0.05, 0) is 56.7 Å². The average molecular weight is 260 g/mol. The van der Waals surface area contributed by atoms with Crippen molar-refractivity contribution in [2.45, 2.75) is 46.1 Å². The highest BCUT2D eigenvalue weighted by Gasteiger charge is 2.15. The molecular weight excluding hydrogens is 232 g/mol. The Kier molecular flexibility index (Phi) is 5.41. The summed E-state index contributed by atoms with van der Waals surface area (Å²) in [5, 5.41) is 3.42. The zero-order valence-electron chi connectivity index (χ0n) is 12.7. The van der Waals surface area contributed by atoms with E-state index in [1.807, 2.05) is 0 Å². The number of hydrogen-bond donors (Lipinski definition) is 1. The van der Waals surface area contributed by atoms with Crippen LogP contribution >= 0.6 is 0 Å². The summed E-state index contributed by atoms with van der Waals surface area (Å²) >= 11 is 0. The van der Waals surface area contributed by atoms with Crippen LogP contribution in [-0.4, -0.2) is 37.1 Å². The molecule has 2 rings (SSSR count). The second-order valence-corrected chi connectivity index (χ2v) is 5.95. The summed E-state index contributed by atoms with van der Waals surface area (Å²) in [6.07, 6.45) is 3.83. The summed E-state index contributed by atoms with van der Waals surface area (Å²) in [5.74, 6) is 0. The zero-order chi connectivity index (χ0) is 13.7. The van der Waals surface area contributed by atoms with Gasteiger partial charge in [0.25, 0.3) is 0 Å². The summed E-state index contributed by atoms with van der Waals surface area (Å²) in [4.78, 5) is 2.62. The lowest BCUT2D eigenvalue weighted by Gasteiger charge is -2.32. The van der Waals surface area contributed by atoms with Crippen LogP contribution in [0.25, 0.3) is 0 Å². The molecule has 0 aromatic heterocycles. The van der Waals surface area contributed by atoms with E-state index in [1.54, 1.807) is 0 Å². The van der Waals surface area contributed by atoms with E-state index in [2.05, 4.69) is 49.2 Å². The molecular formula is C17H28N2. The number of nitrogens with one attached hydrogen (secondary N) is 1. The van der Waals surface area contributed by atoms with Gasteiger partial charge < -0.3 is 5.32 Å². The fourth-order valence-corrected chi connectivity index (χ4v) is 2.87. The quantitative estimate of drug-likeness (QED) is 0.875. The van der Waals surface area contributed by atoms with Crippen LogP contribution in [0, 0.1) is 13.8 Å². The fourth-order valence-electron chi connectivity index (χ4n) is 2.87. The summed E-state index contributed by atoms with van der Waals surface area (Å²) in [7, 11) is 0. The molecule has 0 aliphatic carbocycles. The predicted octanol–water partition coefficient (Wildman–Crippen LogP) is 2.92. The van der Waals surface area contributed by atoms with Crippen LogP contribution in [0.1, 0.15) is 36.5 Å². The van der Waals surface area contributed by atoms with Gasteiger partial charge in [0.05, 0.1) is 0 Å². The molecule has 1 aromatic carbocycles. The highest BCUT2D eigenvalue weighted by atomic mass is 15.2. The first-order valence-corrected chi connectivity index (χ1v) is 7.67. The molecule has 0 amide bonds. The molecule has 1 saturated heterocycles. The van der Waals surface area contributed by atoms with Crippen molar-refractivity contribution in [2.75, 3.05) is 26.2 Å². The van der Waals surface area contributed by atoms with Gasteiger partial charge >= 0.3 is 0 Å². The van der Waals surface area contributed by atoms with Crippen molar-refractivity contribution in [3.05, 3.63) is 34.9 Å². The molecule has 0 spiro atoms. The Morgan fingerprint density at radius 3 is 2.58 bits per heavy atom. The highest BCUT2D eigenvalue weighted by Crippen LogP contribution is 2.14. The Labute approximate surface area is 118 Å². The number of rotatable bonds is 5. The molecule has 2 nitrogen and oxygen atoms in total. The van der Waals surface area contributed by atoms with Crippen LogP contribution < -0.4 is 5.32 Å².